The molecule has 7 nitrogen and oxygen atoms in total. The van der Waals surface area contributed by atoms with Gasteiger partial charge in [0.25, 0.3) is 0 Å². The average Bonchev–Trinajstić information content (AvgIpc) is 3.05. The van der Waals surface area contributed by atoms with Gasteiger partial charge in [0.2, 0.25) is 5.91 Å². The number of hydrogen-bond acceptors (Lipinski definition) is 4. The molecule has 1 unspecified atom stereocenters. The summed E-state index contributed by atoms with van der Waals surface area (Å²) in [6.45, 7) is 5.98. The molecule has 7 heteroatoms. The Bertz CT molecular complexity index is 972. The molecule has 1 aliphatic rings. The van der Waals surface area contributed by atoms with Crippen molar-refractivity contribution in [3.63, 3.8) is 0 Å². The van der Waals surface area contributed by atoms with Crippen LogP contribution in [-0.4, -0.2) is 41.8 Å². The summed E-state index contributed by atoms with van der Waals surface area (Å²) in [5, 5.41) is 14.4. The van der Waals surface area contributed by atoms with Crippen molar-refractivity contribution in [2.75, 3.05) is 13.2 Å². The number of amides is 2. The Kier molecular flexibility index (Phi) is 7.74. The van der Waals surface area contributed by atoms with Gasteiger partial charge in [0, 0.05) is 30.8 Å². The summed E-state index contributed by atoms with van der Waals surface area (Å²) in [6, 6.07) is 16.3. The van der Waals surface area contributed by atoms with E-state index in [-0.39, 0.29) is 37.2 Å². The van der Waals surface area contributed by atoms with Gasteiger partial charge < -0.3 is 20.5 Å². The van der Waals surface area contributed by atoms with Crippen LogP contribution >= 0.6 is 0 Å². The molecule has 0 saturated heterocycles. The minimum absolute atomic E-state index is 0.0187. The molecule has 0 spiro atoms. The van der Waals surface area contributed by atoms with E-state index in [1.54, 1.807) is 13.8 Å². The molecule has 0 fully saturated rings. The van der Waals surface area contributed by atoms with Crippen molar-refractivity contribution in [1.29, 1.82) is 0 Å². The Morgan fingerprint density at radius 2 is 1.61 bits per heavy atom. The summed E-state index contributed by atoms with van der Waals surface area (Å²) in [6.07, 6.45) is 0.178. The summed E-state index contributed by atoms with van der Waals surface area (Å²) in [5.41, 5.74) is 3.82. The first-order valence-corrected chi connectivity index (χ1v) is 11.3. The third-order valence-corrected chi connectivity index (χ3v) is 5.87. The number of carboxylic acids is 1. The van der Waals surface area contributed by atoms with Crippen molar-refractivity contribution in [2.45, 2.75) is 51.5 Å². The molecule has 1 aliphatic carbocycles. The Hall–Kier alpha value is -3.35. The minimum Gasteiger partial charge on any atom is -0.481 e. The average molecular weight is 453 g/mol. The monoisotopic (exact) mass is 452 g/mol. The highest BCUT2D eigenvalue weighted by Crippen LogP contribution is 2.44. The maximum absolute atomic E-state index is 12.5. The molecule has 0 bridgehead atoms. The Labute approximate surface area is 194 Å². The van der Waals surface area contributed by atoms with Gasteiger partial charge in [-0.15, -0.1) is 0 Å². The molecular formula is C26H32N2O5. The second-order valence-corrected chi connectivity index (χ2v) is 9.35. The molecule has 2 aromatic carbocycles. The molecule has 0 aromatic heterocycles. The maximum Gasteiger partial charge on any atom is 0.407 e. The molecule has 0 aliphatic heterocycles. The van der Waals surface area contributed by atoms with Gasteiger partial charge in [-0.3, -0.25) is 9.59 Å². The molecule has 0 radical (unpaired) electrons. The number of nitrogens with one attached hydrogen (secondary N) is 2. The summed E-state index contributed by atoms with van der Waals surface area (Å²) in [5.74, 6) is -1.10. The number of benzene rings is 2. The van der Waals surface area contributed by atoms with E-state index in [9.17, 15) is 14.4 Å². The van der Waals surface area contributed by atoms with Gasteiger partial charge in [-0.2, -0.15) is 0 Å². The standard InChI is InChI=1S/C26H32N2O5/c1-17(14-24(30)31)12-13-27-23(29)15-26(2,3)28-25(32)33-16-22-20-10-6-4-8-18(20)19-9-5-7-11-21(19)22/h4-11,17,22H,12-16H2,1-3H3,(H,27,29)(H,28,32)(H,30,31). The normalized spacial score (nSPS) is 13.5. The predicted octanol–water partition coefficient (Wildman–Crippen LogP) is 4.31. The number of carbonyl (C=O) groups is 3. The number of ether oxygens (including phenoxy) is 1. The summed E-state index contributed by atoms with van der Waals surface area (Å²) < 4.78 is 5.57. The van der Waals surface area contributed by atoms with E-state index in [1.807, 2.05) is 31.2 Å². The summed E-state index contributed by atoms with van der Waals surface area (Å²) in [7, 11) is 0. The minimum atomic E-state index is -0.845. The lowest BCUT2D eigenvalue weighted by molar-refractivity contribution is -0.138. The molecule has 2 amide bonds. The highest BCUT2D eigenvalue weighted by atomic mass is 16.5. The van der Waals surface area contributed by atoms with E-state index in [4.69, 9.17) is 9.84 Å². The fourth-order valence-electron chi connectivity index (χ4n) is 4.28. The molecule has 0 saturated carbocycles. The van der Waals surface area contributed by atoms with Gasteiger partial charge in [-0.05, 0) is 48.4 Å². The molecular weight excluding hydrogens is 420 g/mol. The largest absolute Gasteiger partial charge is 0.481 e. The highest BCUT2D eigenvalue weighted by Gasteiger charge is 2.30. The van der Waals surface area contributed by atoms with Crippen LogP contribution in [0.1, 0.15) is 57.1 Å². The Morgan fingerprint density at radius 3 is 2.18 bits per heavy atom. The molecule has 33 heavy (non-hydrogen) atoms. The zero-order valence-electron chi connectivity index (χ0n) is 19.4. The van der Waals surface area contributed by atoms with E-state index < -0.39 is 17.6 Å². The third kappa shape index (κ3) is 6.57. The Balaban J connectivity index is 1.48. The first-order chi connectivity index (χ1) is 15.7. The van der Waals surface area contributed by atoms with Gasteiger partial charge >= 0.3 is 12.1 Å². The number of carbonyl (C=O) groups excluding carboxylic acids is 2. The van der Waals surface area contributed by atoms with Crippen molar-refractivity contribution in [2.24, 2.45) is 5.92 Å². The van der Waals surface area contributed by atoms with Crippen LogP contribution < -0.4 is 10.6 Å². The van der Waals surface area contributed by atoms with Crippen LogP contribution in [0.5, 0.6) is 0 Å². The topological polar surface area (TPSA) is 105 Å². The van der Waals surface area contributed by atoms with Crippen molar-refractivity contribution in [3.8, 4) is 11.1 Å². The number of carboxylic acid groups (broad SMARTS) is 1. The fraction of sp³-hybridized carbons (Fsp3) is 0.423. The van der Waals surface area contributed by atoms with Gasteiger partial charge in [-0.1, -0.05) is 55.5 Å². The van der Waals surface area contributed by atoms with Gasteiger partial charge in [0.1, 0.15) is 6.61 Å². The van der Waals surface area contributed by atoms with Crippen LogP contribution in [0, 0.1) is 5.92 Å². The third-order valence-electron chi connectivity index (χ3n) is 5.87. The zero-order chi connectivity index (χ0) is 24.0. The van der Waals surface area contributed by atoms with Crippen molar-refractivity contribution >= 4 is 18.0 Å². The predicted molar refractivity (Wildman–Crippen MR) is 126 cm³/mol. The van der Waals surface area contributed by atoms with Crippen molar-refractivity contribution in [1.82, 2.24) is 10.6 Å². The molecule has 1 atom stereocenters. The maximum atomic E-state index is 12.5. The second-order valence-electron chi connectivity index (χ2n) is 9.35. The SMILES string of the molecule is CC(CCNC(=O)CC(C)(C)NC(=O)OCC1c2ccccc2-c2ccccc21)CC(=O)O. The van der Waals surface area contributed by atoms with Crippen molar-refractivity contribution < 1.29 is 24.2 Å². The number of hydrogen-bond donors (Lipinski definition) is 3. The fourth-order valence-corrected chi connectivity index (χ4v) is 4.28. The lowest BCUT2D eigenvalue weighted by atomic mass is 9.98. The van der Waals surface area contributed by atoms with Gasteiger partial charge in [0.05, 0.1) is 0 Å². The molecule has 3 rings (SSSR count). The quantitative estimate of drug-likeness (QED) is 0.498. The number of rotatable bonds is 10. The lowest BCUT2D eigenvalue weighted by Crippen LogP contribution is -2.47. The molecule has 0 heterocycles. The lowest BCUT2D eigenvalue weighted by Gasteiger charge is -2.26. The van der Waals surface area contributed by atoms with Crippen LogP contribution in [-0.2, 0) is 14.3 Å². The number of alkyl carbamates (subject to hydrolysis) is 1. The van der Waals surface area contributed by atoms with Gasteiger partial charge in [-0.25, -0.2) is 4.79 Å². The van der Waals surface area contributed by atoms with E-state index in [1.165, 1.54) is 0 Å². The van der Waals surface area contributed by atoms with Crippen LogP contribution in [0.2, 0.25) is 0 Å². The van der Waals surface area contributed by atoms with E-state index in [2.05, 4.69) is 34.9 Å². The highest BCUT2D eigenvalue weighted by molar-refractivity contribution is 5.80. The first kappa shape index (κ1) is 24.3. The van der Waals surface area contributed by atoms with E-state index in [0.717, 1.165) is 22.3 Å². The van der Waals surface area contributed by atoms with Crippen LogP contribution in [0.4, 0.5) is 4.79 Å². The second kappa shape index (κ2) is 10.5. The van der Waals surface area contributed by atoms with E-state index >= 15 is 0 Å². The van der Waals surface area contributed by atoms with Gasteiger partial charge in [0.15, 0.2) is 0 Å². The smallest absolute Gasteiger partial charge is 0.407 e. The Morgan fingerprint density at radius 1 is 1.03 bits per heavy atom. The van der Waals surface area contributed by atoms with Crippen LogP contribution in [0.15, 0.2) is 48.5 Å². The number of fused-ring (bicyclic) bond motifs is 3. The molecule has 176 valence electrons. The van der Waals surface area contributed by atoms with Crippen LogP contribution in [0.25, 0.3) is 11.1 Å². The number of aliphatic carboxylic acids is 1. The van der Waals surface area contributed by atoms with Crippen LogP contribution in [0.3, 0.4) is 0 Å². The van der Waals surface area contributed by atoms with Crippen molar-refractivity contribution in [3.05, 3.63) is 59.7 Å². The molecule has 3 N–H and O–H groups in total. The molecule has 2 aromatic rings. The first-order valence-electron chi connectivity index (χ1n) is 11.3. The zero-order valence-corrected chi connectivity index (χ0v) is 19.4. The van der Waals surface area contributed by atoms with E-state index in [0.29, 0.717) is 13.0 Å². The summed E-state index contributed by atoms with van der Waals surface area (Å²) >= 11 is 0. The summed E-state index contributed by atoms with van der Waals surface area (Å²) in [4.78, 5) is 35.5.